The number of aromatic nitrogens is 1. The number of alkyl halides is 3. The van der Waals surface area contributed by atoms with Gasteiger partial charge in [0.2, 0.25) is 0 Å². The lowest BCUT2D eigenvalue weighted by Crippen LogP contribution is -2.35. The van der Waals surface area contributed by atoms with E-state index in [0.29, 0.717) is 24.5 Å². The average Bonchev–Trinajstić information content (AvgIpc) is 2.69. The lowest BCUT2D eigenvalue weighted by molar-refractivity contribution is -0.141. The second kappa shape index (κ2) is 6.87. The number of rotatable bonds is 6. The van der Waals surface area contributed by atoms with Crippen LogP contribution in [0, 0.1) is 0 Å². The van der Waals surface area contributed by atoms with E-state index in [1.807, 2.05) is 20.8 Å². The summed E-state index contributed by atoms with van der Waals surface area (Å²) in [5.74, 6) is 0. The van der Waals surface area contributed by atoms with Gasteiger partial charge in [-0.3, -0.25) is 0 Å². The highest BCUT2D eigenvalue weighted by Crippen LogP contribution is 2.34. The quantitative estimate of drug-likeness (QED) is 0.815. The minimum atomic E-state index is -4.40. The first kappa shape index (κ1) is 17.4. The number of thiazole rings is 1. The highest BCUT2D eigenvalue weighted by Gasteiger charge is 2.37. The van der Waals surface area contributed by atoms with Gasteiger partial charge in [-0.2, -0.15) is 13.2 Å². The van der Waals surface area contributed by atoms with Crippen molar-refractivity contribution in [1.29, 1.82) is 0 Å². The average molecular weight is 310 g/mol. The number of ether oxygens (including phenoxy) is 1. The maximum absolute atomic E-state index is 13.0. The topological polar surface area (TPSA) is 34.1 Å². The van der Waals surface area contributed by atoms with Gasteiger partial charge in [-0.1, -0.05) is 0 Å². The Morgan fingerprint density at radius 2 is 1.90 bits per heavy atom. The fraction of sp³-hybridized carbons (Fsp3) is 0.769. The normalized spacial score (nSPS) is 12.9. The molecule has 116 valence electrons. The zero-order valence-corrected chi connectivity index (χ0v) is 13.0. The molecule has 1 N–H and O–H groups in total. The van der Waals surface area contributed by atoms with E-state index < -0.39 is 11.9 Å². The van der Waals surface area contributed by atoms with Gasteiger partial charge in [0.15, 0.2) is 5.69 Å². The van der Waals surface area contributed by atoms with Crippen LogP contribution in [-0.2, 0) is 23.9 Å². The zero-order valence-electron chi connectivity index (χ0n) is 12.2. The van der Waals surface area contributed by atoms with Crippen molar-refractivity contribution in [3.63, 3.8) is 0 Å². The molecule has 0 bridgehead atoms. The van der Waals surface area contributed by atoms with Crippen molar-refractivity contribution >= 4 is 11.3 Å². The molecule has 0 spiro atoms. The maximum Gasteiger partial charge on any atom is 0.434 e. The summed E-state index contributed by atoms with van der Waals surface area (Å²) in [4.78, 5) is 4.00. The van der Waals surface area contributed by atoms with Crippen molar-refractivity contribution in [2.45, 2.75) is 51.9 Å². The van der Waals surface area contributed by atoms with Gasteiger partial charge < -0.3 is 10.1 Å². The number of aryl methyl sites for hydroxylation is 1. The van der Waals surface area contributed by atoms with Crippen molar-refractivity contribution in [3.05, 3.63) is 15.6 Å². The Morgan fingerprint density at radius 3 is 2.40 bits per heavy atom. The van der Waals surface area contributed by atoms with Gasteiger partial charge >= 0.3 is 6.18 Å². The van der Waals surface area contributed by atoms with Crippen molar-refractivity contribution in [1.82, 2.24) is 10.3 Å². The van der Waals surface area contributed by atoms with Crippen LogP contribution in [0.3, 0.4) is 0 Å². The van der Waals surface area contributed by atoms with Crippen LogP contribution in [0.4, 0.5) is 13.2 Å². The lowest BCUT2D eigenvalue weighted by atomic mass is 10.1. The molecule has 0 radical (unpaired) electrons. The third-order valence-electron chi connectivity index (χ3n) is 2.53. The number of nitrogens with one attached hydrogen (secondary N) is 1. The summed E-state index contributed by atoms with van der Waals surface area (Å²) in [6.07, 6.45) is -3.21. The standard InChI is InChI=1S/C13H21F3N2OS/c1-12(2,3)17-8-9-11(13(14,15)16)18-10(20-9)6-5-7-19-4/h17H,5-8H2,1-4H3. The smallest absolute Gasteiger partial charge is 0.385 e. The molecule has 3 nitrogen and oxygen atoms in total. The van der Waals surface area contributed by atoms with E-state index in [0.717, 1.165) is 11.3 Å². The minimum Gasteiger partial charge on any atom is -0.385 e. The van der Waals surface area contributed by atoms with E-state index in [9.17, 15) is 13.2 Å². The van der Waals surface area contributed by atoms with Crippen LogP contribution in [0.15, 0.2) is 0 Å². The molecule has 0 aliphatic rings. The molecule has 1 rings (SSSR count). The molecule has 0 aliphatic carbocycles. The van der Waals surface area contributed by atoms with E-state index >= 15 is 0 Å². The van der Waals surface area contributed by atoms with Crippen LogP contribution < -0.4 is 5.32 Å². The fourth-order valence-corrected chi connectivity index (χ4v) is 2.63. The lowest BCUT2D eigenvalue weighted by Gasteiger charge is -2.20. The number of methoxy groups -OCH3 is 1. The Labute approximate surface area is 121 Å². The van der Waals surface area contributed by atoms with Crippen molar-refractivity contribution in [2.75, 3.05) is 13.7 Å². The number of hydrogen-bond acceptors (Lipinski definition) is 4. The van der Waals surface area contributed by atoms with Crippen LogP contribution in [0.25, 0.3) is 0 Å². The van der Waals surface area contributed by atoms with Crippen LogP contribution in [0.1, 0.15) is 42.8 Å². The van der Waals surface area contributed by atoms with Gasteiger partial charge in [-0.05, 0) is 27.2 Å². The van der Waals surface area contributed by atoms with Gasteiger partial charge in [0, 0.05) is 32.2 Å². The van der Waals surface area contributed by atoms with Crippen molar-refractivity contribution in [3.8, 4) is 0 Å². The molecule has 1 aromatic rings. The number of halogens is 3. The van der Waals surface area contributed by atoms with Gasteiger partial charge in [-0.15, -0.1) is 11.3 Å². The molecule has 0 unspecified atom stereocenters. The molecule has 0 fully saturated rings. The highest BCUT2D eigenvalue weighted by atomic mass is 32.1. The van der Waals surface area contributed by atoms with Gasteiger partial charge in [0.25, 0.3) is 0 Å². The van der Waals surface area contributed by atoms with E-state index in [2.05, 4.69) is 10.3 Å². The number of hydrogen-bond donors (Lipinski definition) is 1. The molecule has 0 amide bonds. The van der Waals surface area contributed by atoms with Crippen molar-refractivity contribution < 1.29 is 17.9 Å². The summed E-state index contributed by atoms with van der Waals surface area (Å²) >= 11 is 1.13. The van der Waals surface area contributed by atoms with Crippen LogP contribution >= 0.6 is 11.3 Å². The summed E-state index contributed by atoms with van der Waals surface area (Å²) < 4.78 is 43.8. The molecular formula is C13H21F3N2OS. The summed E-state index contributed by atoms with van der Waals surface area (Å²) in [5.41, 5.74) is -0.991. The molecule has 0 saturated heterocycles. The number of nitrogens with zero attached hydrogens (tertiary/aromatic N) is 1. The fourth-order valence-electron chi connectivity index (χ4n) is 1.56. The van der Waals surface area contributed by atoms with E-state index in [4.69, 9.17) is 4.74 Å². The Hall–Kier alpha value is -0.660. The molecule has 7 heteroatoms. The Balaban J connectivity index is 2.84. The Morgan fingerprint density at radius 1 is 1.25 bits per heavy atom. The summed E-state index contributed by atoms with van der Waals surface area (Å²) in [7, 11) is 1.57. The predicted octanol–water partition coefficient (Wildman–Crippen LogP) is 3.63. The molecular weight excluding hydrogens is 289 g/mol. The molecule has 0 aliphatic heterocycles. The molecule has 0 atom stereocenters. The third kappa shape index (κ3) is 5.76. The van der Waals surface area contributed by atoms with E-state index in [1.165, 1.54) is 0 Å². The molecule has 0 aromatic carbocycles. The third-order valence-corrected chi connectivity index (χ3v) is 3.64. The van der Waals surface area contributed by atoms with Crippen molar-refractivity contribution in [2.24, 2.45) is 0 Å². The summed E-state index contributed by atoms with van der Waals surface area (Å²) in [6, 6.07) is 0. The van der Waals surface area contributed by atoms with E-state index in [1.54, 1.807) is 7.11 Å². The maximum atomic E-state index is 13.0. The first-order chi connectivity index (χ1) is 9.13. The molecule has 1 heterocycles. The molecule has 20 heavy (non-hydrogen) atoms. The molecule has 0 saturated carbocycles. The minimum absolute atomic E-state index is 0.181. The monoisotopic (exact) mass is 310 g/mol. The first-order valence-corrected chi connectivity index (χ1v) is 7.25. The van der Waals surface area contributed by atoms with E-state index in [-0.39, 0.29) is 17.0 Å². The largest absolute Gasteiger partial charge is 0.434 e. The van der Waals surface area contributed by atoms with Gasteiger partial charge in [0.1, 0.15) is 0 Å². The van der Waals surface area contributed by atoms with Gasteiger partial charge in [0.05, 0.1) is 9.88 Å². The van der Waals surface area contributed by atoms with Gasteiger partial charge in [-0.25, -0.2) is 4.98 Å². The second-order valence-electron chi connectivity index (χ2n) is 5.58. The Bertz CT molecular complexity index is 424. The Kier molecular flexibility index (Phi) is 5.97. The predicted molar refractivity (Wildman–Crippen MR) is 73.9 cm³/mol. The highest BCUT2D eigenvalue weighted by molar-refractivity contribution is 7.11. The summed E-state index contributed by atoms with van der Waals surface area (Å²) in [6.45, 7) is 6.46. The summed E-state index contributed by atoms with van der Waals surface area (Å²) in [5, 5.41) is 3.59. The first-order valence-electron chi connectivity index (χ1n) is 6.43. The van der Waals surface area contributed by atoms with Crippen LogP contribution in [0.2, 0.25) is 0 Å². The second-order valence-corrected chi connectivity index (χ2v) is 6.75. The SMILES string of the molecule is COCCCc1nc(C(F)(F)F)c(CNC(C)(C)C)s1. The van der Waals surface area contributed by atoms with Crippen LogP contribution in [-0.4, -0.2) is 24.2 Å². The van der Waals surface area contributed by atoms with Crippen LogP contribution in [0.5, 0.6) is 0 Å². The molecule has 1 aromatic heterocycles. The zero-order chi connectivity index (χ0) is 15.4.